The van der Waals surface area contributed by atoms with Crippen molar-refractivity contribution in [2.45, 2.75) is 19.1 Å². The summed E-state index contributed by atoms with van der Waals surface area (Å²) in [7, 11) is 0. The summed E-state index contributed by atoms with van der Waals surface area (Å²) in [5.41, 5.74) is 0. The fourth-order valence-corrected chi connectivity index (χ4v) is 1.01. The van der Waals surface area contributed by atoms with Crippen LogP contribution in [0.15, 0.2) is 12.7 Å². The summed E-state index contributed by atoms with van der Waals surface area (Å²) in [6.07, 6.45) is 1.77. The number of ether oxygens (including phenoxy) is 1. The fourth-order valence-electron chi connectivity index (χ4n) is 1.01. The number of rotatable bonds is 2. The van der Waals surface area contributed by atoms with Gasteiger partial charge in [0.2, 0.25) is 6.29 Å². The molecule has 0 saturated carbocycles. The van der Waals surface area contributed by atoms with Crippen molar-refractivity contribution in [3.05, 3.63) is 12.7 Å². The van der Waals surface area contributed by atoms with Crippen molar-refractivity contribution in [3.63, 3.8) is 0 Å². The lowest BCUT2D eigenvalue weighted by Gasteiger charge is -1.96. The largest absolute Gasteiger partial charge is 0.436 e. The minimum atomic E-state index is -0.891. The Kier molecular flexibility index (Phi) is 2.06. The second kappa shape index (κ2) is 2.84. The van der Waals surface area contributed by atoms with Gasteiger partial charge in [-0.3, -0.25) is 4.79 Å². The number of cyclic esters (lactones) is 1. The van der Waals surface area contributed by atoms with Crippen LogP contribution in [0.4, 0.5) is 0 Å². The molecule has 1 N–H and O–H groups in total. The molecule has 0 amide bonds. The maximum atomic E-state index is 10.7. The molecule has 1 saturated heterocycles. The van der Waals surface area contributed by atoms with E-state index < -0.39 is 6.29 Å². The van der Waals surface area contributed by atoms with E-state index >= 15 is 0 Å². The van der Waals surface area contributed by atoms with Gasteiger partial charge in [-0.2, -0.15) is 0 Å². The minimum absolute atomic E-state index is 0.174. The summed E-state index contributed by atoms with van der Waals surface area (Å²) in [6, 6.07) is 0. The molecular formula is C7H10O3. The Bertz CT molecular complexity index is 153. The van der Waals surface area contributed by atoms with Crippen molar-refractivity contribution in [2.75, 3.05) is 0 Å². The minimum Gasteiger partial charge on any atom is -0.436 e. The maximum absolute atomic E-state index is 10.7. The molecule has 1 fully saturated rings. The van der Waals surface area contributed by atoms with Gasteiger partial charge in [0.1, 0.15) is 0 Å². The number of allylic oxidation sites excluding steroid dienone is 1. The molecule has 1 aliphatic rings. The molecule has 2 atom stereocenters. The lowest BCUT2D eigenvalue weighted by molar-refractivity contribution is -0.155. The third-order valence-electron chi connectivity index (χ3n) is 1.52. The van der Waals surface area contributed by atoms with Gasteiger partial charge in [-0.25, -0.2) is 0 Å². The fraction of sp³-hybridized carbons (Fsp3) is 0.571. The SMILES string of the molecule is C=CCC1CC(O)OC1=O. The molecular weight excluding hydrogens is 132 g/mol. The second-order valence-corrected chi connectivity index (χ2v) is 2.35. The van der Waals surface area contributed by atoms with Gasteiger partial charge in [-0.15, -0.1) is 6.58 Å². The van der Waals surface area contributed by atoms with Crippen LogP contribution in [0.25, 0.3) is 0 Å². The highest BCUT2D eigenvalue weighted by Crippen LogP contribution is 2.22. The van der Waals surface area contributed by atoms with E-state index in [-0.39, 0.29) is 11.9 Å². The number of aliphatic hydroxyl groups excluding tert-OH is 1. The summed E-state index contributed by atoms with van der Waals surface area (Å²) in [5.74, 6) is -0.486. The Labute approximate surface area is 59.3 Å². The van der Waals surface area contributed by atoms with Gasteiger partial charge in [-0.1, -0.05) is 6.08 Å². The molecule has 0 bridgehead atoms. The zero-order valence-corrected chi connectivity index (χ0v) is 5.62. The second-order valence-electron chi connectivity index (χ2n) is 2.35. The molecule has 1 heterocycles. The third-order valence-corrected chi connectivity index (χ3v) is 1.52. The predicted octanol–water partition coefficient (Wildman–Crippen LogP) is 0.444. The average Bonchev–Trinajstić information content (AvgIpc) is 2.13. The Hall–Kier alpha value is -0.830. The van der Waals surface area contributed by atoms with E-state index in [1.165, 1.54) is 0 Å². The Balaban J connectivity index is 2.46. The zero-order valence-electron chi connectivity index (χ0n) is 5.62. The number of carbonyl (C=O) groups is 1. The van der Waals surface area contributed by atoms with Crippen LogP contribution in [-0.4, -0.2) is 17.4 Å². The molecule has 3 nitrogen and oxygen atoms in total. The Morgan fingerprint density at radius 3 is 3.00 bits per heavy atom. The monoisotopic (exact) mass is 142 g/mol. The van der Waals surface area contributed by atoms with Crippen LogP contribution < -0.4 is 0 Å². The number of aliphatic hydroxyl groups is 1. The molecule has 0 radical (unpaired) electrons. The van der Waals surface area contributed by atoms with Gasteiger partial charge in [0.25, 0.3) is 0 Å². The highest BCUT2D eigenvalue weighted by Gasteiger charge is 2.31. The van der Waals surface area contributed by atoms with Crippen molar-refractivity contribution in [2.24, 2.45) is 5.92 Å². The van der Waals surface area contributed by atoms with Crippen LogP contribution in [0.2, 0.25) is 0 Å². The van der Waals surface area contributed by atoms with Crippen molar-refractivity contribution < 1.29 is 14.6 Å². The Morgan fingerprint density at radius 1 is 1.90 bits per heavy atom. The topological polar surface area (TPSA) is 46.5 Å². The highest BCUT2D eigenvalue weighted by atomic mass is 16.6. The van der Waals surface area contributed by atoms with Crippen LogP contribution in [0.5, 0.6) is 0 Å². The smallest absolute Gasteiger partial charge is 0.311 e. The van der Waals surface area contributed by atoms with Gasteiger partial charge in [0, 0.05) is 6.42 Å². The molecule has 1 aliphatic heterocycles. The standard InChI is InChI=1S/C7H10O3/c1-2-3-5-4-6(8)10-7(5)9/h2,5-6,8H,1,3-4H2. The first-order chi connectivity index (χ1) is 4.74. The molecule has 10 heavy (non-hydrogen) atoms. The number of hydrogen-bond acceptors (Lipinski definition) is 3. The summed E-state index contributed by atoms with van der Waals surface area (Å²) in [6.45, 7) is 3.49. The van der Waals surface area contributed by atoms with E-state index in [2.05, 4.69) is 11.3 Å². The van der Waals surface area contributed by atoms with E-state index in [9.17, 15) is 4.79 Å². The van der Waals surface area contributed by atoms with Crippen LogP contribution in [-0.2, 0) is 9.53 Å². The summed E-state index contributed by atoms with van der Waals surface area (Å²) in [4.78, 5) is 10.7. The lowest BCUT2D eigenvalue weighted by Crippen LogP contribution is -2.05. The van der Waals surface area contributed by atoms with E-state index in [4.69, 9.17) is 5.11 Å². The van der Waals surface area contributed by atoms with Crippen LogP contribution in [0.1, 0.15) is 12.8 Å². The van der Waals surface area contributed by atoms with Gasteiger partial charge >= 0.3 is 5.97 Å². The normalized spacial score (nSPS) is 31.9. The molecule has 0 spiro atoms. The molecule has 3 heteroatoms. The molecule has 0 aromatic heterocycles. The van der Waals surface area contributed by atoms with Gasteiger partial charge in [0.15, 0.2) is 0 Å². The first-order valence-corrected chi connectivity index (χ1v) is 3.23. The maximum Gasteiger partial charge on any atom is 0.311 e. The molecule has 56 valence electrons. The zero-order chi connectivity index (χ0) is 7.56. The molecule has 0 aromatic carbocycles. The number of hydrogen-bond donors (Lipinski definition) is 1. The van der Waals surface area contributed by atoms with Crippen LogP contribution >= 0.6 is 0 Å². The number of esters is 1. The third kappa shape index (κ3) is 1.36. The molecule has 1 rings (SSSR count). The summed E-state index contributed by atoms with van der Waals surface area (Å²) in [5, 5.41) is 8.82. The highest BCUT2D eigenvalue weighted by molar-refractivity contribution is 5.74. The van der Waals surface area contributed by atoms with Crippen molar-refractivity contribution >= 4 is 5.97 Å². The van der Waals surface area contributed by atoms with Gasteiger partial charge in [0.05, 0.1) is 5.92 Å². The lowest BCUT2D eigenvalue weighted by atomic mass is 10.0. The first-order valence-electron chi connectivity index (χ1n) is 3.23. The van der Waals surface area contributed by atoms with Crippen molar-refractivity contribution in [3.8, 4) is 0 Å². The van der Waals surface area contributed by atoms with E-state index in [1.54, 1.807) is 6.08 Å². The summed E-state index contributed by atoms with van der Waals surface area (Å²) < 4.78 is 4.50. The molecule has 2 unspecified atom stereocenters. The van der Waals surface area contributed by atoms with E-state index in [0.717, 1.165) is 0 Å². The number of carbonyl (C=O) groups excluding carboxylic acids is 1. The predicted molar refractivity (Wildman–Crippen MR) is 35.0 cm³/mol. The van der Waals surface area contributed by atoms with E-state index in [0.29, 0.717) is 12.8 Å². The Morgan fingerprint density at radius 2 is 2.60 bits per heavy atom. The van der Waals surface area contributed by atoms with Gasteiger partial charge < -0.3 is 9.84 Å². The quantitative estimate of drug-likeness (QED) is 0.449. The molecule has 0 aromatic rings. The van der Waals surface area contributed by atoms with Crippen LogP contribution in [0.3, 0.4) is 0 Å². The summed E-state index contributed by atoms with van der Waals surface area (Å²) >= 11 is 0. The van der Waals surface area contributed by atoms with Crippen molar-refractivity contribution in [1.29, 1.82) is 0 Å². The average molecular weight is 142 g/mol. The van der Waals surface area contributed by atoms with Crippen LogP contribution in [0, 0.1) is 5.92 Å². The van der Waals surface area contributed by atoms with E-state index in [1.807, 2.05) is 0 Å². The van der Waals surface area contributed by atoms with Gasteiger partial charge in [-0.05, 0) is 6.42 Å². The van der Waals surface area contributed by atoms with Crippen molar-refractivity contribution in [1.82, 2.24) is 0 Å². The molecule has 0 aliphatic carbocycles. The first kappa shape index (κ1) is 7.28.